The van der Waals surface area contributed by atoms with E-state index < -0.39 is 0 Å². The first-order valence-electron chi connectivity index (χ1n) is 7.48. The first kappa shape index (κ1) is 14.2. The Morgan fingerprint density at radius 3 is 2.18 bits per heavy atom. The minimum absolute atomic E-state index is 1.04. The molecule has 0 fully saturated rings. The number of hydrogen-bond acceptors (Lipinski definition) is 0. The molecule has 0 saturated carbocycles. The Balaban J connectivity index is 2.08. The Morgan fingerprint density at radius 1 is 0.636 bits per heavy atom. The molecule has 0 N–H and O–H groups in total. The fourth-order valence-electron chi connectivity index (χ4n) is 2.51. The number of rotatable bonds is 1. The summed E-state index contributed by atoms with van der Waals surface area (Å²) in [5, 5.41) is 0. The molecule has 3 rings (SSSR count). The minimum atomic E-state index is 1.04. The first-order valence-corrected chi connectivity index (χ1v) is 7.48. The smallest absolute Gasteiger partial charge is 0.0327 e. The van der Waals surface area contributed by atoms with Gasteiger partial charge in [0.1, 0.15) is 0 Å². The molecule has 0 bridgehead atoms. The molecule has 0 saturated heterocycles. The van der Waals surface area contributed by atoms with Crippen LogP contribution in [0.2, 0.25) is 0 Å². The molecule has 0 nitrogen and oxygen atoms in total. The summed E-state index contributed by atoms with van der Waals surface area (Å²) in [7, 11) is 0. The van der Waals surface area contributed by atoms with Crippen molar-refractivity contribution in [1.29, 1.82) is 0 Å². The lowest BCUT2D eigenvalue weighted by atomic mass is 9.94. The Kier molecular flexibility index (Phi) is 4.08. The van der Waals surface area contributed by atoms with Gasteiger partial charge in [0.25, 0.3) is 0 Å². The molecule has 3 aromatic carbocycles. The van der Waals surface area contributed by atoms with Crippen molar-refractivity contribution >= 4 is 0 Å². The topological polar surface area (TPSA) is 0 Å². The predicted octanol–water partition coefficient (Wildman–Crippen LogP) is 5.37. The van der Waals surface area contributed by atoms with Gasteiger partial charge in [-0.3, -0.25) is 0 Å². The normalized spacial score (nSPS) is 9.91. The molecule has 106 valence electrons. The van der Waals surface area contributed by atoms with Crippen LogP contribution in [0.4, 0.5) is 0 Å². The first-order chi connectivity index (χ1) is 10.7. The van der Waals surface area contributed by atoms with Gasteiger partial charge < -0.3 is 0 Å². The highest BCUT2D eigenvalue weighted by atomic mass is 14.1. The summed E-state index contributed by atoms with van der Waals surface area (Å²) in [6.45, 7) is 4.28. The molecular formula is C22H18. The minimum Gasteiger partial charge on any atom is -0.0622 e. The molecule has 3 aromatic rings. The average Bonchev–Trinajstić information content (AvgIpc) is 2.56. The van der Waals surface area contributed by atoms with Crippen LogP contribution in [0.5, 0.6) is 0 Å². The van der Waals surface area contributed by atoms with Crippen LogP contribution in [0, 0.1) is 25.7 Å². The summed E-state index contributed by atoms with van der Waals surface area (Å²) in [4.78, 5) is 0. The second kappa shape index (κ2) is 6.33. The van der Waals surface area contributed by atoms with Gasteiger partial charge in [-0.05, 0) is 48.7 Å². The highest BCUT2D eigenvalue weighted by Gasteiger charge is 2.06. The quantitative estimate of drug-likeness (QED) is 0.526. The van der Waals surface area contributed by atoms with E-state index in [1.807, 2.05) is 36.4 Å². The zero-order valence-corrected chi connectivity index (χ0v) is 12.9. The molecule has 22 heavy (non-hydrogen) atoms. The van der Waals surface area contributed by atoms with Crippen molar-refractivity contribution in [3.63, 3.8) is 0 Å². The molecule has 0 amide bonds. The zero-order valence-electron chi connectivity index (χ0n) is 12.9. The number of benzene rings is 3. The summed E-state index contributed by atoms with van der Waals surface area (Å²) in [6, 6.07) is 25.0. The van der Waals surface area contributed by atoms with Crippen LogP contribution in [0.1, 0.15) is 22.3 Å². The molecule has 0 aliphatic carbocycles. The van der Waals surface area contributed by atoms with Gasteiger partial charge >= 0.3 is 0 Å². The summed E-state index contributed by atoms with van der Waals surface area (Å²) in [5.74, 6) is 6.58. The second-order valence-electron chi connectivity index (χ2n) is 5.48. The summed E-state index contributed by atoms with van der Waals surface area (Å²) >= 11 is 0. The van der Waals surface area contributed by atoms with E-state index in [2.05, 4.69) is 62.1 Å². The molecule has 0 aliphatic rings. The lowest BCUT2D eigenvalue weighted by molar-refractivity contribution is 1.39. The van der Waals surface area contributed by atoms with Gasteiger partial charge in [-0.1, -0.05) is 72.0 Å². The lowest BCUT2D eigenvalue weighted by Gasteiger charge is -2.09. The van der Waals surface area contributed by atoms with Gasteiger partial charge in [-0.15, -0.1) is 0 Å². The van der Waals surface area contributed by atoms with E-state index in [0.717, 1.165) is 11.1 Å². The highest BCUT2D eigenvalue weighted by Crippen LogP contribution is 2.27. The molecule has 0 atom stereocenters. The molecule has 0 spiro atoms. The van der Waals surface area contributed by atoms with Gasteiger partial charge in [-0.25, -0.2) is 0 Å². The van der Waals surface area contributed by atoms with Gasteiger partial charge in [0.05, 0.1) is 0 Å². The fraction of sp³-hybridized carbons (Fsp3) is 0.0909. The number of hydrogen-bond donors (Lipinski definition) is 0. The Morgan fingerprint density at radius 2 is 1.36 bits per heavy atom. The van der Waals surface area contributed by atoms with Crippen molar-refractivity contribution in [3.05, 3.63) is 95.1 Å². The summed E-state index contributed by atoms with van der Waals surface area (Å²) in [6.07, 6.45) is 0. The van der Waals surface area contributed by atoms with Gasteiger partial charge in [-0.2, -0.15) is 0 Å². The van der Waals surface area contributed by atoms with Crippen molar-refractivity contribution in [2.24, 2.45) is 0 Å². The van der Waals surface area contributed by atoms with E-state index in [4.69, 9.17) is 0 Å². The Hall–Kier alpha value is -2.78. The zero-order chi connectivity index (χ0) is 15.4. The van der Waals surface area contributed by atoms with Gasteiger partial charge in [0.2, 0.25) is 0 Å². The average molecular weight is 282 g/mol. The molecule has 0 radical (unpaired) electrons. The van der Waals surface area contributed by atoms with Crippen molar-refractivity contribution in [3.8, 4) is 23.0 Å². The van der Waals surface area contributed by atoms with Crippen LogP contribution in [-0.4, -0.2) is 0 Å². The van der Waals surface area contributed by atoms with E-state index in [1.165, 1.54) is 22.3 Å². The van der Waals surface area contributed by atoms with Crippen LogP contribution in [0.3, 0.4) is 0 Å². The van der Waals surface area contributed by atoms with Crippen molar-refractivity contribution in [2.75, 3.05) is 0 Å². The van der Waals surface area contributed by atoms with Crippen LogP contribution < -0.4 is 0 Å². The van der Waals surface area contributed by atoms with E-state index in [0.29, 0.717) is 0 Å². The SMILES string of the molecule is Cc1ccc(C)c(-c2ccccc2C#Cc2ccccc2)c1. The predicted molar refractivity (Wildman–Crippen MR) is 93.8 cm³/mol. The van der Waals surface area contributed by atoms with Gasteiger partial charge in [0.15, 0.2) is 0 Å². The maximum Gasteiger partial charge on any atom is 0.0327 e. The third-order valence-electron chi connectivity index (χ3n) is 3.73. The lowest BCUT2D eigenvalue weighted by Crippen LogP contribution is -1.89. The largest absolute Gasteiger partial charge is 0.0622 e. The summed E-state index contributed by atoms with van der Waals surface area (Å²) < 4.78 is 0. The van der Waals surface area contributed by atoms with E-state index >= 15 is 0 Å². The fourth-order valence-corrected chi connectivity index (χ4v) is 2.51. The summed E-state index contributed by atoms with van der Waals surface area (Å²) in [5.41, 5.74) is 7.12. The van der Waals surface area contributed by atoms with E-state index in [1.54, 1.807) is 0 Å². The maximum absolute atomic E-state index is 3.32. The maximum atomic E-state index is 3.32. The van der Waals surface area contributed by atoms with E-state index in [9.17, 15) is 0 Å². The molecule has 0 heteroatoms. The molecular weight excluding hydrogens is 264 g/mol. The van der Waals surface area contributed by atoms with Gasteiger partial charge in [0, 0.05) is 11.1 Å². The standard InChI is InChI=1S/C22H18/c1-17-12-13-18(2)22(16-17)21-11-7-6-10-20(21)15-14-19-8-4-3-5-9-19/h3-13,16H,1-2H3. The van der Waals surface area contributed by atoms with Crippen LogP contribution in [-0.2, 0) is 0 Å². The van der Waals surface area contributed by atoms with Crippen molar-refractivity contribution < 1.29 is 0 Å². The molecule has 0 aliphatic heterocycles. The molecule has 0 unspecified atom stereocenters. The van der Waals surface area contributed by atoms with Crippen molar-refractivity contribution in [2.45, 2.75) is 13.8 Å². The number of aryl methyl sites for hydroxylation is 2. The van der Waals surface area contributed by atoms with Crippen LogP contribution in [0.15, 0.2) is 72.8 Å². The van der Waals surface area contributed by atoms with Crippen molar-refractivity contribution in [1.82, 2.24) is 0 Å². The van der Waals surface area contributed by atoms with E-state index in [-0.39, 0.29) is 0 Å². The molecule has 0 heterocycles. The monoisotopic (exact) mass is 282 g/mol. The van der Waals surface area contributed by atoms with Crippen LogP contribution >= 0.6 is 0 Å². The molecule has 0 aromatic heterocycles. The Labute approximate surface area is 132 Å². The third-order valence-corrected chi connectivity index (χ3v) is 3.73. The second-order valence-corrected chi connectivity index (χ2v) is 5.48. The third kappa shape index (κ3) is 3.10. The highest BCUT2D eigenvalue weighted by molar-refractivity contribution is 5.74. The Bertz CT molecular complexity index is 846. The van der Waals surface area contributed by atoms with Crippen LogP contribution in [0.25, 0.3) is 11.1 Å².